The maximum absolute atomic E-state index is 13.4. The van der Waals surface area contributed by atoms with Crippen molar-refractivity contribution in [3.63, 3.8) is 0 Å². The Bertz CT molecular complexity index is 1370. The number of methoxy groups -OCH3 is 2. The van der Waals surface area contributed by atoms with E-state index in [0.717, 1.165) is 57.9 Å². The molecular weight excluding hydrogens is 586 g/mol. The Morgan fingerprint density at radius 1 is 0.935 bits per heavy atom. The fourth-order valence-corrected chi connectivity index (χ4v) is 5.88. The first-order chi connectivity index (χ1) is 21.7. The molecule has 2 N–H and O–H groups in total. The van der Waals surface area contributed by atoms with Gasteiger partial charge in [-0.25, -0.2) is 4.79 Å². The largest absolute Gasteiger partial charge is 0.496 e. The van der Waals surface area contributed by atoms with Crippen LogP contribution in [0.4, 0.5) is 4.79 Å². The second-order valence-electron chi connectivity index (χ2n) is 13.3. The minimum atomic E-state index is -0.809. The molecule has 1 heterocycles. The Morgan fingerprint density at radius 2 is 1.57 bits per heavy atom. The van der Waals surface area contributed by atoms with Crippen molar-refractivity contribution in [1.29, 1.82) is 0 Å². The molecule has 0 spiro atoms. The lowest BCUT2D eigenvalue weighted by Crippen LogP contribution is -2.55. The summed E-state index contributed by atoms with van der Waals surface area (Å²) in [5.74, 6) is 1.87. The van der Waals surface area contributed by atoms with Crippen LogP contribution >= 0.6 is 0 Å². The van der Waals surface area contributed by atoms with Crippen molar-refractivity contribution in [3.05, 3.63) is 52.1 Å². The van der Waals surface area contributed by atoms with Gasteiger partial charge in [0.25, 0.3) is 0 Å². The van der Waals surface area contributed by atoms with E-state index in [2.05, 4.69) is 17.6 Å². The van der Waals surface area contributed by atoms with Gasteiger partial charge >= 0.3 is 6.09 Å². The molecule has 3 rings (SSSR count). The van der Waals surface area contributed by atoms with Crippen molar-refractivity contribution in [2.45, 2.75) is 111 Å². The van der Waals surface area contributed by atoms with Gasteiger partial charge in [0.1, 0.15) is 34.9 Å². The first-order valence-electron chi connectivity index (χ1n) is 16.2. The highest BCUT2D eigenvalue weighted by molar-refractivity contribution is 5.91. The van der Waals surface area contributed by atoms with E-state index in [0.29, 0.717) is 26.0 Å². The first-order valence-corrected chi connectivity index (χ1v) is 16.2. The van der Waals surface area contributed by atoms with Crippen LogP contribution in [-0.4, -0.2) is 73.9 Å². The van der Waals surface area contributed by atoms with E-state index in [1.54, 1.807) is 35.0 Å². The Balaban J connectivity index is 1.63. The fraction of sp³-hybridized carbons (Fsp3) is 0.583. The fourth-order valence-electron chi connectivity index (χ4n) is 5.88. The van der Waals surface area contributed by atoms with Gasteiger partial charge in [0.05, 0.1) is 20.8 Å². The van der Waals surface area contributed by atoms with Crippen molar-refractivity contribution < 1.29 is 33.3 Å². The molecule has 1 fully saturated rings. The number of carbonyl (C=O) groups is 3. The summed E-state index contributed by atoms with van der Waals surface area (Å²) in [5.41, 5.74) is 4.58. The number of rotatable bonds is 13. The predicted molar refractivity (Wildman–Crippen MR) is 179 cm³/mol. The molecule has 0 aliphatic carbocycles. The van der Waals surface area contributed by atoms with E-state index in [1.807, 2.05) is 52.0 Å². The number of ether oxygens (including phenoxy) is 4. The van der Waals surface area contributed by atoms with Crippen molar-refractivity contribution in [2.75, 3.05) is 27.4 Å². The molecule has 2 aromatic carbocycles. The molecule has 1 aliphatic rings. The van der Waals surface area contributed by atoms with E-state index in [9.17, 15) is 14.4 Å². The average Bonchev–Trinajstić information content (AvgIpc) is 3.48. The van der Waals surface area contributed by atoms with Crippen LogP contribution in [-0.2, 0) is 27.2 Å². The Hall–Kier alpha value is -3.95. The van der Waals surface area contributed by atoms with Gasteiger partial charge in [0.2, 0.25) is 11.8 Å². The molecule has 1 saturated heterocycles. The van der Waals surface area contributed by atoms with Gasteiger partial charge in [-0.15, -0.1) is 0 Å². The van der Waals surface area contributed by atoms with E-state index in [-0.39, 0.29) is 24.3 Å². The number of nitrogens with zero attached hydrogens (tertiary/aromatic N) is 1. The zero-order chi connectivity index (χ0) is 34.2. The molecule has 46 heavy (non-hydrogen) atoms. The summed E-state index contributed by atoms with van der Waals surface area (Å²) in [7, 11) is 3.39. The van der Waals surface area contributed by atoms with Crippen molar-refractivity contribution in [3.8, 4) is 17.2 Å². The van der Waals surface area contributed by atoms with E-state index < -0.39 is 23.8 Å². The molecule has 2 atom stereocenters. The highest BCUT2D eigenvalue weighted by atomic mass is 16.6. The topological polar surface area (TPSA) is 115 Å². The monoisotopic (exact) mass is 639 g/mol. The van der Waals surface area contributed by atoms with Crippen LogP contribution in [0.3, 0.4) is 0 Å². The molecule has 254 valence electrons. The number of likely N-dealkylation sites (tertiary alicyclic amines) is 1. The first kappa shape index (κ1) is 36.5. The Morgan fingerprint density at radius 3 is 2.15 bits per heavy atom. The Kier molecular flexibility index (Phi) is 12.7. The third-order valence-electron chi connectivity index (χ3n) is 8.17. The van der Waals surface area contributed by atoms with Gasteiger partial charge in [0.15, 0.2) is 0 Å². The molecule has 1 unspecified atom stereocenters. The van der Waals surface area contributed by atoms with Crippen LogP contribution < -0.4 is 24.8 Å². The van der Waals surface area contributed by atoms with Gasteiger partial charge < -0.3 is 29.6 Å². The molecule has 10 nitrogen and oxygen atoms in total. The lowest BCUT2D eigenvalue weighted by molar-refractivity contribution is -0.131. The number of benzene rings is 2. The molecule has 1 aliphatic heterocycles. The molecular formula is C36H53N3O7. The smallest absolute Gasteiger partial charge is 0.410 e. The maximum atomic E-state index is 13.4. The van der Waals surface area contributed by atoms with Crippen LogP contribution in [0, 0.1) is 20.8 Å². The van der Waals surface area contributed by atoms with Gasteiger partial charge in [0, 0.05) is 24.6 Å². The summed E-state index contributed by atoms with van der Waals surface area (Å²) >= 11 is 0. The van der Waals surface area contributed by atoms with Crippen molar-refractivity contribution >= 4 is 17.9 Å². The van der Waals surface area contributed by atoms with Crippen LogP contribution in [0.25, 0.3) is 0 Å². The Labute approximate surface area is 274 Å². The molecule has 0 aromatic heterocycles. The lowest BCUT2D eigenvalue weighted by atomic mass is 9.94. The van der Waals surface area contributed by atoms with Crippen molar-refractivity contribution in [1.82, 2.24) is 15.5 Å². The lowest BCUT2D eigenvalue weighted by Gasteiger charge is -2.29. The zero-order valence-corrected chi connectivity index (χ0v) is 29.3. The van der Waals surface area contributed by atoms with E-state index >= 15 is 0 Å². The van der Waals surface area contributed by atoms with E-state index in [4.69, 9.17) is 18.9 Å². The second kappa shape index (κ2) is 16.1. The summed E-state index contributed by atoms with van der Waals surface area (Å²) in [6.07, 6.45) is 2.54. The molecule has 0 radical (unpaired) electrons. The number of carbonyl (C=O) groups excluding carboxylic acids is 3. The van der Waals surface area contributed by atoms with Crippen LogP contribution in [0.5, 0.6) is 17.2 Å². The predicted octanol–water partition coefficient (Wildman–Crippen LogP) is 5.59. The molecule has 0 bridgehead atoms. The number of hydrogen-bond acceptors (Lipinski definition) is 7. The molecule has 3 amide bonds. The van der Waals surface area contributed by atoms with Gasteiger partial charge in [-0.1, -0.05) is 12.1 Å². The number of amides is 3. The summed E-state index contributed by atoms with van der Waals surface area (Å²) in [6.45, 7) is 16.2. The summed E-state index contributed by atoms with van der Waals surface area (Å²) in [5, 5.41) is 5.82. The highest BCUT2D eigenvalue weighted by Gasteiger charge is 2.38. The number of nitrogens with one attached hydrogen (secondary N) is 2. The van der Waals surface area contributed by atoms with Crippen LogP contribution in [0.2, 0.25) is 0 Å². The average molecular weight is 640 g/mol. The standard InChI is InChI=1S/C36H53N3O7/c1-22(2)37-33(40)29(38-34(41)30-14-11-19-39(30)35(42)46-36(6,7)8)21-26-15-17-27(18-16-26)45-20-12-13-28-25(5)31(43-9)23(3)24(4)32(28)44-10/h15-18,22,29-30H,11-14,19-21H2,1-10H3,(H,37,40)(H,38,41)/t29-,30?/m0/s1. The third-order valence-corrected chi connectivity index (χ3v) is 8.17. The summed E-state index contributed by atoms with van der Waals surface area (Å²) < 4.78 is 23.0. The minimum absolute atomic E-state index is 0.0962. The van der Waals surface area contributed by atoms with Gasteiger partial charge in [-0.2, -0.15) is 0 Å². The number of hydrogen-bond donors (Lipinski definition) is 2. The van der Waals surface area contributed by atoms with Crippen LogP contribution in [0.1, 0.15) is 81.7 Å². The SMILES string of the molecule is COc1c(C)c(C)c(OC)c(CCCOc2ccc(C[C@H](NC(=O)C3CCCN3C(=O)OC(C)(C)C)C(=O)NC(C)C)cc2)c1C. The highest BCUT2D eigenvalue weighted by Crippen LogP contribution is 2.38. The third kappa shape index (κ3) is 9.53. The summed E-state index contributed by atoms with van der Waals surface area (Å²) in [6, 6.07) is 5.97. The normalized spacial score (nSPS) is 15.4. The van der Waals surface area contributed by atoms with Gasteiger partial charge in [-0.05, 0) is 115 Å². The van der Waals surface area contributed by atoms with Crippen LogP contribution in [0.15, 0.2) is 24.3 Å². The molecule has 0 saturated carbocycles. The molecule has 2 aromatic rings. The quantitative estimate of drug-likeness (QED) is 0.275. The zero-order valence-electron chi connectivity index (χ0n) is 29.3. The maximum Gasteiger partial charge on any atom is 0.410 e. The second-order valence-corrected chi connectivity index (χ2v) is 13.3. The summed E-state index contributed by atoms with van der Waals surface area (Å²) in [4.78, 5) is 40.7. The van der Waals surface area contributed by atoms with Gasteiger partial charge in [-0.3, -0.25) is 14.5 Å². The van der Waals surface area contributed by atoms with Crippen molar-refractivity contribution in [2.24, 2.45) is 0 Å². The molecule has 10 heteroatoms. The van der Waals surface area contributed by atoms with E-state index in [1.165, 1.54) is 4.90 Å². The minimum Gasteiger partial charge on any atom is -0.496 e.